The quantitative estimate of drug-likeness (QED) is 0.693. The fourth-order valence-corrected chi connectivity index (χ4v) is 3.15. The Morgan fingerprint density at radius 2 is 2.04 bits per heavy atom. The SMILES string of the molecule is CSc1nc2nc(C)c(CCC(=O)Nc3cc(F)ccc3C)c(C)n2n1. The zero-order valence-corrected chi connectivity index (χ0v) is 15.9. The third-order valence-electron chi connectivity index (χ3n) is 4.29. The Bertz CT molecular complexity index is 985. The van der Waals surface area contributed by atoms with Gasteiger partial charge in [0, 0.05) is 23.5 Å². The predicted molar refractivity (Wildman–Crippen MR) is 100 cm³/mol. The van der Waals surface area contributed by atoms with Crippen LogP contribution in [0.4, 0.5) is 10.1 Å². The Morgan fingerprint density at radius 1 is 1.27 bits per heavy atom. The van der Waals surface area contributed by atoms with Crippen molar-refractivity contribution in [3.63, 3.8) is 0 Å². The van der Waals surface area contributed by atoms with Crippen LogP contribution < -0.4 is 5.32 Å². The number of anilines is 1. The van der Waals surface area contributed by atoms with Crippen LogP contribution in [-0.2, 0) is 11.2 Å². The molecule has 0 unspecified atom stereocenters. The highest BCUT2D eigenvalue weighted by atomic mass is 32.2. The molecule has 8 heteroatoms. The van der Waals surface area contributed by atoms with E-state index in [9.17, 15) is 9.18 Å². The molecular formula is C18H20FN5OS. The second kappa shape index (κ2) is 7.41. The van der Waals surface area contributed by atoms with Crippen LogP contribution in [0.1, 0.15) is 28.9 Å². The van der Waals surface area contributed by atoms with Crippen LogP contribution >= 0.6 is 11.8 Å². The van der Waals surface area contributed by atoms with Gasteiger partial charge in [-0.1, -0.05) is 17.8 Å². The fraction of sp³-hybridized carbons (Fsp3) is 0.333. The lowest BCUT2D eigenvalue weighted by Gasteiger charge is -2.11. The second-order valence-corrected chi connectivity index (χ2v) is 6.85. The zero-order valence-electron chi connectivity index (χ0n) is 15.1. The molecule has 3 aromatic rings. The zero-order chi connectivity index (χ0) is 18.8. The molecule has 2 heterocycles. The lowest BCUT2D eigenvalue weighted by molar-refractivity contribution is -0.116. The maximum Gasteiger partial charge on any atom is 0.253 e. The molecule has 1 amide bonds. The van der Waals surface area contributed by atoms with Gasteiger partial charge in [0.15, 0.2) is 0 Å². The van der Waals surface area contributed by atoms with Crippen molar-refractivity contribution in [3.8, 4) is 0 Å². The van der Waals surface area contributed by atoms with Gasteiger partial charge < -0.3 is 5.32 Å². The first-order valence-corrected chi connectivity index (χ1v) is 9.44. The molecular weight excluding hydrogens is 353 g/mol. The van der Waals surface area contributed by atoms with Gasteiger partial charge in [0.2, 0.25) is 11.1 Å². The van der Waals surface area contributed by atoms with Crippen molar-refractivity contribution in [2.45, 2.75) is 38.8 Å². The molecule has 26 heavy (non-hydrogen) atoms. The van der Waals surface area contributed by atoms with Crippen LogP contribution in [0.3, 0.4) is 0 Å². The van der Waals surface area contributed by atoms with Crippen LogP contribution in [0.2, 0.25) is 0 Å². The van der Waals surface area contributed by atoms with Gasteiger partial charge in [0.1, 0.15) is 5.82 Å². The summed E-state index contributed by atoms with van der Waals surface area (Å²) in [6.45, 7) is 5.68. The molecule has 6 nitrogen and oxygen atoms in total. The summed E-state index contributed by atoms with van der Waals surface area (Å²) in [5, 5.41) is 7.85. The molecule has 1 N–H and O–H groups in total. The molecule has 0 aliphatic rings. The normalized spacial score (nSPS) is 11.1. The number of nitrogens with one attached hydrogen (secondary N) is 1. The second-order valence-electron chi connectivity index (χ2n) is 6.08. The van der Waals surface area contributed by atoms with Gasteiger partial charge in [0.25, 0.3) is 5.78 Å². The number of hydrogen-bond acceptors (Lipinski definition) is 5. The molecule has 0 saturated heterocycles. The van der Waals surface area contributed by atoms with E-state index < -0.39 is 0 Å². The van der Waals surface area contributed by atoms with Gasteiger partial charge in [0.05, 0.1) is 0 Å². The van der Waals surface area contributed by atoms with E-state index in [4.69, 9.17) is 0 Å². The summed E-state index contributed by atoms with van der Waals surface area (Å²) in [7, 11) is 0. The van der Waals surface area contributed by atoms with Gasteiger partial charge in [-0.15, -0.1) is 5.10 Å². The number of halogens is 1. The standard InChI is InChI=1S/C18H20FN5OS/c1-10-5-6-13(19)9-15(10)21-16(25)8-7-14-11(2)20-17-22-18(26-4)23-24(17)12(14)3/h5-6,9H,7-8H2,1-4H3,(H,21,25). The number of fused-ring (bicyclic) bond motifs is 1. The third kappa shape index (κ3) is 3.70. The lowest BCUT2D eigenvalue weighted by atomic mass is 10.1. The predicted octanol–water partition coefficient (Wildman–Crippen LogP) is 3.48. The summed E-state index contributed by atoms with van der Waals surface area (Å²) < 4.78 is 15.1. The largest absolute Gasteiger partial charge is 0.326 e. The number of benzene rings is 1. The first-order valence-electron chi connectivity index (χ1n) is 8.22. The maximum atomic E-state index is 13.4. The van der Waals surface area contributed by atoms with Crippen molar-refractivity contribution in [1.29, 1.82) is 0 Å². The molecule has 136 valence electrons. The van der Waals surface area contributed by atoms with E-state index in [1.807, 2.05) is 27.0 Å². The molecule has 0 atom stereocenters. The van der Waals surface area contributed by atoms with Gasteiger partial charge in [-0.2, -0.15) is 4.98 Å². The molecule has 0 fully saturated rings. The van der Waals surface area contributed by atoms with Crippen LogP contribution in [0.15, 0.2) is 23.4 Å². The Morgan fingerprint density at radius 3 is 2.77 bits per heavy atom. The van der Waals surface area contributed by atoms with Gasteiger partial charge in [-0.3, -0.25) is 4.79 Å². The Kier molecular flexibility index (Phi) is 5.22. The number of hydrogen-bond donors (Lipinski definition) is 1. The van der Waals surface area contributed by atoms with E-state index in [-0.39, 0.29) is 18.1 Å². The van der Waals surface area contributed by atoms with E-state index in [2.05, 4.69) is 20.4 Å². The smallest absolute Gasteiger partial charge is 0.253 e. The van der Waals surface area contributed by atoms with Crippen molar-refractivity contribution >= 4 is 29.1 Å². The minimum atomic E-state index is -0.372. The van der Waals surface area contributed by atoms with Gasteiger partial charge in [-0.05, 0) is 56.7 Å². The van der Waals surface area contributed by atoms with Crippen LogP contribution in [0, 0.1) is 26.6 Å². The summed E-state index contributed by atoms with van der Waals surface area (Å²) in [4.78, 5) is 21.1. The number of aromatic nitrogens is 4. The van der Waals surface area contributed by atoms with E-state index in [0.29, 0.717) is 23.0 Å². The van der Waals surface area contributed by atoms with Crippen LogP contribution in [0.5, 0.6) is 0 Å². The third-order valence-corrected chi connectivity index (χ3v) is 4.83. The highest BCUT2D eigenvalue weighted by Crippen LogP contribution is 2.19. The Hall–Kier alpha value is -2.48. The molecule has 0 spiro atoms. The van der Waals surface area contributed by atoms with Crippen LogP contribution in [-0.4, -0.2) is 31.7 Å². The number of thioether (sulfide) groups is 1. The van der Waals surface area contributed by atoms with E-state index >= 15 is 0 Å². The molecule has 0 aliphatic carbocycles. The molecule has 0 bridgehead atoms. The highest BCUT2D eigenvalue weighted by molar-refractivity contribution is 7.98. The number of rotatable bonds is 5. The molecule has 1 aromatic carbocycles. The summed E-state index contributed by atoms with van der Waals surface area (Å²) in [6, 6.07) is 4.35. The minimum absolute atomic E-state index is 0.166. The number of carbonyl (C=O) groups excluding carboxylic acids is 1. The monoisotopic (exact) mass is 373 g/mol. The highest BCUT2D eigenvalue weighted by Gasteiger charge is 2.15. The van der Waals surface area contributed by atoms with Crippen molar-refractivity contribution in [2.75, 3.05) is 11.6 Å². The molecule has 0 aliphatic heterocycles. The van der Waals surface area contributed by atoms with Crippen molar-refractivity contribution in [2.24, 2.45) is 0 Å². The summed E-state index contributed by atoms with van der Waals surface area (Å²) in [5.74, 6) is 0.0250. The summed E-state index contributed by atoms with van der Waals surface area (Å²) >= 11 is 1.46. The number of aryl methyl sites for hydroxylation is 3. The number of carbonyl (C=O) groups is 1. The van der Waals surface area contributed by atoms with Crippen LogP contribution in [0.25, 0.3) is 5.78 Å². The average Bonchev–Trinajstić information content (AvgIpc) is 3.01. The first kappa shape index (κ1) is 18.3. The first-order chi connectivity index (χ1) is 12.4. The van der Waals surface area contributed by atoms with Crippen molar-refractivity contribution in [1.82, 2.24) is 19.6 Å². The van der Waals surface area contributed by atoms with Gasteiger partial charge >= 0.3 is 0 Å². The summed E-state index contributed by atoms with van der Waals surface area (Å²) in [5.41, 5.74) is 4.06. The van der Waals surface area contributed by atoms with Gasteiger partial charge in [-0.25, -0.2) is 13.9 Å². The van der Waals surface area contributed by atoms with Crippen molar-refractivity contribution in [3.05, 3.63) is 46.5 Å². The molecule has 0 saturated carbocycles. The summed E-state index contributed by atoms with van der Waals surface area (Å²) in [6.07, 6.45) is 2.71. The van der Waals surface area contributed by atoms with E-state index in [0.717, 1.165) is 22.5 Å². The van der Waals surface area contributed by atoms with E-state index in [1.165, 1.54) is 23.9 Å². The van der Waals surface area contributed by atoms with Crippen molar-refractivity contribution < 1.29 is 9.18 Å². The fourth-order valence-electron chi connectivity index (χ4n) is 2.82. The molecule has 3 rings (SSSR count). The molecule has 0 radical (unpaired) electrons. The maximum absolute atomic E-state index is 13.4. The Labute approximate surface area is 155 Å². The average molecular weight is 373 g/mol. The number of nitrogens with zero attached hydrogens (tertiary/aromatic N) is 4. The topological polar surface area (TPSA) is 72.2 Å². The Balaban J connectivity index is 1.76. The number of amides is 1. The van der Waals surface area contributed by atoms with E-state index in [1.54, 1.807) is 10.6 Å². The lowest BCUT2D eigenvalue weighted by Crippen LogP contribution is -2.15. The molecule has 2 aromatic heterocycles. The minimum Gasteiger partial charge on any atom is -0.326 e.